The lowest BCUT2D eigenvalue weighted by Gasteiger charge is -2.28. The third-order valence-corrected chi connectivity index (χ3v) is 4.41. The molecule has 0 aliphatic carbocycles. The van der Waals surface area contributed by atoms with Crippen molar-refractivity contribution in [3.8, 4) is 0 Å². The Morgan fingerprint density at radius 3 is 2.92 bits per heavy atom. The van der Waals surface area contributed by atoms with E-state index in [1.54, 1.807) is 11.0 Å². The van der Waals surface area contributed by atoms with Crippen LogP contribution in [0.25, 0.3) is 11.1 Å². The summed E-state index contributed by atoms with van der Waals surface area (Å²) in [7, 11) is 0. The van der Waals surface area contributed by atoms with E-state index in [4.69, 9.17) is 4.52 Å². The maximum Gasteiger partial charge on any atom is 0.258 e. The SMILES string of the molecule is CCc1nnc2n1CCN(C(=O)c1cc(C)nc3onc(C)c13)C2. The molecule has 8 nitrogen and oxygen atoms in total. The van der Waals surface area contributed by atoms with E-state index in [1.165, 1.54) is 0 Å². The average molecular weight is 326 g/mol. The van der Waals surface area contributed by atoms with E-state index in [0.29, 0.717) is 42.0 Å². The molecule has 0 saturated carbocycles. The number of nitrogens with zero attached hydrogens (tertiary/aromatic N) is 6. The van der Waals surface area contributed by atoms with Crippen LogP contribution >= 0.6 is 0 Å². The molecule has 0 atom stereocenters. The molecule has 4 heterocycles. The second-order valence-electron chi connectivity index (χ2n) is 6.02. The zero-order chi connectivity index (χ0) is 16.8. The van der Waals surface area contributed by atoms with Gasteiger partial charge in [-0.25, -0.2) is 4.98 Å². The largest absolute Gasteiger partial charge is 0.336 e. The molecule has 0 N–H and O–H groups in total. The number of aryl methyl sites for hydroxylation is 3. The highest BCUT2D eigenvalue weighted by Crippen LogP contribution is 2.24. The van der Waals surface area contributed by atoms with Crippen LogP contribution in [-0.2, 0) is 19.5 Å². The van der Waals surface area contributed by atoms with Crippen LogP contribution in [0.2, 0.25) is 0 Å². The average Bonchev–Trinajstić information content (AvgIpc) is 3.16. The molecular formula is C16H18N6O2. The molecule has 0 fully saturated rings. The van der Waals surface area contributed by atoms with Crippen molar-refractivity contribution in [1.29, 1.82) is 0 Å². The van der Waals surface area contributed by atoms with Gasteiger partial charge in [0.1, 0.15) is 5.82 Å². The number of carbonyl (C=O) groups excluding carboxylic acids is 1. The van der Waals surface area contributed by atoms with Gasteiger partial charge in [0.2, 0.25) is 0 Å². The molecule has 0 spiro atoms. The summed E-state index contributed by atoms with van der Waals surface area (Å²) in [6.07, 6.45) is 0.838. The molecular weight excluding hydrogens is 308 g/mol. The molecule has 0 unspecified atom stereocenters. The number of carbonyl (C=O) groups is 1. The second-order valence-corrected chi connectivity index (χ2v) is 6.02. The Bertz CT molecular complexity index is 942. The van der Waals surface area contributed by atoms with Crippen LogP contribution < -0.4 is 0 Å². The normalized spacial score (nSPS) is 14.2. The maximum atomic E-state index is 13.1. The lowest BCUT2D eigenvalue weighted by Crippen LogP contribution is -2.39. The van der Waals surface area contributed by atoms with Gasteiger partial charge >= 0.3 is 0 Å². The second kappa shape index (κ2) is 5.40. The van der Waals surface area contributed by atoms with Gasteiger partial charge in [0.05, 0.1) is 23.2 Å². The van der Waals surface area contributed by atoms with Crippen molar-refractivity contribution in [2.24, 2.45) is 0 Å². The molecule has 4 rings (SSSR count). The summed E-state index contributed by atoms with van der Waals surface area (Å²) in [5.74, 6) is 1.74. The minimum atomic E-state index is -0.0518. The molecule has 3 aromatic heterocycles. The van der Waals surface area contributed by atoms with Crippen LogP contribution in [0, 0.1) is 13.8 Å². The van der Waals surface area contributed by atoms with E-state index < -0.39 is 0 Å². The molecule has 0 saturated heterocycles. The molecule has 24 heavy (non-hydrogen) atoms. The lowest BCUT2D eigenvalue weighted by atomic mass is 10.1. The van der Waals surface area contributed by atoms with E-state index in [0.717, 1.165) is 23.8 Å². The monoisotopic (exact) mass is 326 g/mol. The van der Waals surface area contributed by atoms with Crippen molar-refractivity contribution in [2.45, 2.75) is 40.3 Å². The van der Waals surface area contributed by atoms with E-state index in [-0.39, 0.29) is 5.91 Å². The third kappa shape index (κ3) is 2.17. The molecule has 8 heteroatoms. The Hall–Kier alpha value is -2.77. The minimum Gasteiger partial charge on any atom is -0.336 e. The van der Waals surface area contributed by atoms with Crippen LogP contribution in [0.5, 0.6) is 0 Å². The lowest BCUT2D eigenvalue weighted by molar-refractivity contribution is 0.0708. The van der Waals surface area contributed by atoms with Crippen molar-refractivity contribution in [3.05, 3.63) is 34.7 Å². The molecule has 1 aliphatic heterocycles. The first-order chi connectivity index (χ1) is 11.6. The van der Waals surface area contributed by atoms with Gasteiger partial charge in [-0.15, -0.1) is 10.2 Å². The Kier molecular flexibility index (Phi) is 3.33. The van der Waals surface area contributed by atoms with Crippen molar-refractivity contribution in [3.63, 3.8) is 0 Å². The number of rotatable bonds is 2. The van der Waals surface area contributed by atoms with Crippen LogP contribution in [0.1, 0.15) is 40.3 Å². The zero-order valence-corrected chi connectivity index (χ0v) is 13.9. The van der Waals surface area contributed by atoms with Crippen molar-refractivity contribution >= 4 is 17.0 Å². The van der Waals surface area contributed by atoms with Crippen molar-refractivity contribution < 1.29 is 9.32 Å². The van der Waals surface area contributed by atoms with E-state index in [9.17, 15) is 4.79 Å². The van der Waals surface area contributed by atoms with Crippen LogP contribution in [0.15, 0.2) is 10.6 Å². The zero-order valence-electron chi connectivity index (χ0n) is 13.9. The standard InChI is InChI=1S/C16H18N6O2/c1-4-12-18-19-13-8-21(5-6-22(12)13)16(23)11-7-9(2)17-15-14(11)10(3)20-24-15/h7H,4-6,8H2,1-3H3. The molecule has 3 aromatic rings. The van der Waals surface area contributed by atoms with Crippen molar-refractivity contribution in [1.82, 2.24) is 29.8 Å². The maximum absolute atomic E-state index is 13.1. The quantitative estimate of drug-likeness (QED) is 0.711. The van der Waals surface area contributed by atoms with Gasteiger partial charge in [-0.3, -0.25) is 4.79 Å². The Morgan fingerprint density at radius 1 is 1.29 bits per heavy atom. The number of hydrogen-bond acceptors (Lipinski definition) is 6. The Balaban J connectivity index is 1.71. The molecule has 1 aliphatic rings. The van der Waals surface area contributed by atoms with E-state index in [2.05, 4.69) is 31.8 Å². The number of hydrogen-bond donors (Lipinski definition) is 0. The fourth-order valence-electron chi connectivity index (χ4n) is 3.21. The van der Waals surface area contributed by atoms with Gasteiger partial charge in [-0.1, -0.05) is 12.1 Å². The van der Waals surface area contributed by atoms with Crippen LogP contribution in [0.3, 0.4) is 0 Å². The summed E-state index contributed by atoms with van der Waals surface area (Å²) in [6, 6.07) is 1.80. The smallest absolute Gasteiger partial charge is 0.258 e. The third-order valence-electron chi connectivity index (χ3n) is 4.41. The summed E-state index contributed by atoms with van der Waals surface area (Å²) < 4.78 is 7.32. The Labute approximate surface area is 138 Å². The minimum absolute atomic E-state index is 0.0518. The molecule has 0 radical (unpaired) electrons. The molecule has 0 aromatic carbocycles. The van der Waals surface area contributed by atoms with Crippen molar-refractivity contribution in [2.75, 3.05) is 6.54 Å². The van der Waals surface area contributed by atoms with Gasteiger partial charge in [-0.05, 0) is 19.9 Å². The van der Waals surface area contributed by atoms with Gasteiger partial charge in [-0.2, -0.15) is 0 Å². The van der Waals surface area contributed by atoms with Gasteiger partial charge in [0.25, 0.3) is 11.6 Å². The summed E-state index contributed by atoms with van der Waals surface area (Å²) >= 11 is 0. The number of fused-ring (bicyclic) bond motifs is 2. The molecule has 0 bridgehead atoms. The highest BCUT2D eigenvalue weighted by Gasteiger charge is 2.27. The summed E-state index contributed by atoms with van der Waals surface area (Å²) in [5, 5.41) is 13.0. The summed E-state index contributed by atoms with van der Waals surface area (Å²) in [5.41, 5.74) is 2.40. The number of amides is 1. The van der Waals surface area contributed by atoms with Crippen LogP contribution in [-0.4, -0.2) is 42.3 Å². The summed E-state index contributed by atoms with van der Waals surface area (Å²) in [4.78, 5) is 19.2. The highest BCUT2D eigenvalue weighted by atomic mass is 16.5. The summed E-state index contributed by atoms with van der Waals surface area (Å²) in [6.45, 7) is 7.52. The van der Waals surface area contributed by atoms with Gasteiger partial charge in [0, 0.05) is 25.2 Å². The molecule has 1 amide bonds. The first-order valence-corrected chi connectivity index (χ1v) is 8.02. The van der Waals surface area contributed by atoms with E-state index in [1.807, 2.05) is 13.8 Å². The molecule has 124 valence electrons. The number of aromatic nitrogens is 5. The van der Waals surface area contributed by atoms with Gasteiger partial charge < -0.3 is 14.0 Å². The predicted molar refractivity (Wildman–Crippen MR) is 85.4 cm³/mol. The first-order valence-electron chi connectivity index (χ1n) is 8.02. The Morgan fingerprint density at radius 2 is 2.12 bits per heavy atom. The van der Waals surface area contributed by atoms with Crippen LogP contribution in [0.4, 0.5) is 0 Å². The fraction of sp³-hybridized carbons (Fsp3) is 0.438. The first kappa shape index (κ1) is 14.8. The fourth-order valence-corrected chi connectivity index (χ4v) is 3.21. The predicted octanol–water partition coefficient (Wildman–Crippen LogP) is 1.65. The highest BCUT2D eigenvalue weighted by molar-refractivity contribution is 6.06. The van der Waals surface area contributed by atoms with E-state index >= 15 is 0 Å². The topological polar surface area (TPSA) is 89.9 Å². The number of pyridine rings is 1. The van der Waals surface area contributed by atoms with Gasteiger partial charge in [0.15, 0.2) is 5.82 Å².